The van der Waals surface area contributed by atoms with E-state index in [1.165, 1.54) is 22.3 Å². The molecule has 0 radical (unpaired) electrons. The van der Waals surface area contributed by atoms with Crippen LogP contribution in [0.3, 0.4) is 0 Å². The minimum absolute atomic E-state index is 0.303. The summed E-state index contributed by atoms with van der Waals surface area (Å²) in [5, 5.41) is 0. The Morgan fingerprint density at radius 2 is 1.00 bits per heavy atom. The quantitative estimate of drug-likeness (QED) is 0.348. The van der Waals surface area contributed by atoms with E-state index in [9.17, 15) is 0 Å². The van der Waals surface area contributed by atoms with Crippen LogP contribution in [0.4, 0.5) is 0 Å². The summed E-state index contributed by atoms with van der Waals surface area (Å²) >= 11 is 0. The molecule has 1 aliphatic rings. The minimum atomic E-state index is 0.303. The highest BCUT2D eigenvalue weighted by atomic mass is 14.8. The van der Waals surface area contributed by atoms with Crippen molar-refractivity contribution in [2.45, 2.75) is 12.3 Å². The van der Waals surface area contributed by atoms with Gasteiger partial charge in [0.05, 0.1) is 5.70 Å². The summed E-state index contributed by atoms with van der Waals surface area (Å²) in [6.45, 7) is 0. The molecule has 0 bridgehead atoms. The van der Waals surface area contributed by atoms with Crippen molar-refractivity contribution in [2.24, 2.45) is 4.99 Å². The fourth-order valence-corrected chi connectivity index (χ4v) is 4.04. The number of allylic oxidation sites excluding steroid dienone is 1. The van der Waals surface area contributed by atoms with Crippen LogP contribution in [0, 0.1) is 0 Å². The van der Waals surface area contributed by atoms with Crippen LogP contribution in [0.15, 0.2) is 126 Å². The molecule has 4 aromatic rings. The Morgan fingerprint density at radius 1 is 0.500 bits per heavy atom. The standard InChI is InChI=1S/C29H23N/c1-4-10-22(11-5-1)23-16-18-24(19-17-23)27-20-28(25-12-6-2-7-13-25)30-29(21-27)26-14-8-3-9-15-26/h1-20,27H,21H2. The Labute approximate surface area is 178 Å². The summed E-state index contributed by atoms with van der Waals surface area (Å²) in [5.41, 5.74) is 8.39. The van der Waals surface area contributed by atoms with Crippen molar-refractivity contribution in [2.75, 3.05) is 0 Å². The highest BCUT2D eigenvalue weighted by Crippen LogP contribution is 2.34. The van der Waals surface area contributed by atoms with Gasteiger partial charge in [0.2, 0.25) is 0 Å². The van der Waals surface area contributed by atoms with Crippen molar-refractivity contribution in [3.63, 3.8) is 0 Å². The van der Waals surface area contributed by atoms with E-state index in [0.29, 0.717) is 5.92 Å². The Kier molecular flexibility index (Phi) is 5.10. The fourth-order valence-electron chi connectivity index (χ4n) is 4.04. The summed E-state index contributed by atoms with van der Waals surface area (Å²) < 4.78 is 0. The average Bonchev–Trinajstić information content (AvgIpc) is 2.85. The van der Waals surface area contributed by atoms with E-state index in [0.717, 1.165) is 23.4 Å². The van der Waals surface area contributed by atoms with Crippen molar-refractivity contribution in [1.29, 1.82) is 0 Å². The van der Waals surface area contributed by atoms with E-state index in [1.807, 2.05) is 0 Å². The van der Waals surface area contributed by atoms with E-state index in [4.69, 9.17) is 4.99 Å². The highest BCUT2D eigenvalue weighted by Gasteiger charge is 2.20. The maximum Gasteiger partial charge on any atom is 0.0671 e. The van der Waals surface area contributed by atoms with Crippen molar-refractivity contribution in [3.8, 4) is 11.1 Å². The van der Waals surface area contributed by atoms with Crippen LogP contribution in [0.5, 0.6) is 0 Å². The highest BCUT2D eigenvalue weighted by molar-refractivity contribution is 6.05. The van der Waals surface area contributed by atoms with Gasteiger partial charge in [0.15, 0.2) is 0 Å². The molecule has 144 valence electrons. The molecular formula is C29H23N. The van der Waals surface area contributed by atoms with Gasteiger partial charge in [-0.1, -0.05) is 121 Å². The number of benzene rings is 4. The second-order valence-corrected chi connectivity index (χ2v) is 7.64. The molecule has 4 aromatic carbocycles. The van der Waals surface area contributed by atoms with Gasteiger partial charge in [-0.25, -0.2) is 0 Å². The monoisotopic (exact) mass is 385 g/mol. The molecule has 0 amide bonds. The van der Waals surface area contributed by atoms with Crippen LogP contribution in [-0.2, 0) is 0 Å². The maximum absolute atomic E-state index is 5.04. The largest absolute Gasteiger partial charge is 0.252 e. The van der Waals surface area contributed by atoms with Gasteiger partial charge in [-0.3, -0.25) is 4.99 Å². The zero-order valence-corrected chi connectivity index (χ0v) is 16.8. The Morgan fingerprint density at radius 3 is 1.60 bits per heavy atom. The summed E-state index contributed by atoms with van der Waals surface area (Å²) in [6.07, 6.45) is 3.23. The molecular weight excluding hydrogens is 362 g/mol. The Hall–Kier alpha value is -3.71. The molecule has 30 heavy (non-hydrogen) atoms. The molecule has 0 N–H and O–H groups in total. The Balaban J connectivity index is 1.51. The predicted molar refractivity (Wildman–Crippen MR) is 127 cm³/mol. The van der Waals surface area contributed by atoms with Gasteiger partial charge in [-0.05, 0) is 27.8 Å². The fraction of sp³-hybridized carbons (Fsp3) is 0.0690. The van der Waals surface area contributed by atoms with Crippen molar-refractivity contribution < 1.29 is 0 Å². The lowest BCUT2D eigenvalue weighted by Gasteiger charge is -2.22. The Bertz CT molecular complexity index is 1170. The van der Waals surface area contributed by atoms with E-state index < -0.39 is 0 Å². The number of hydrogen-bond donors (Lipinski definition) is 0. The van der Waals surface area contributed by atoms with Crippen LogP contribution in [0.1, 0.15) is 29.0 Å². The first kappa shape index (κ1) is 18.3. The van der Waals surface area contributed by atoms with E-state index in [2.05, 4.69) is 121 Å². The number of rotatable bonds is 4. The molecule has 1 atom stereocenters. The lowest BCUT2D eigenvalue weighted by molar-refractivity contribution is 0.880. The maximum atomic E-state index is 5.04. The van der Waals surface area contributed by atoms with Crippen LogP contribution in [0.25, 0.3) is 16.8 Å². The van der Waals surface area contributed by atoms with Crippen LogP contribution < -0.4 is 0 Å². The molecule has 0 aliphatic carbocycles. The lowest BCUT2D eigenvalue weighted by atomic mass is 9.86. The van der Waals surface area contributed by atoms with Crippen molar-refractivity contribution >= 4 is 11.4 Å². The molecule has 1 heteroatoms. The summed E-state index contributed by atoms with van der Waals surface area (Å²) in [5.74, 6) is 0.303. The van der Waals surface area contributed by atoms with Crippen LogP contribution >= 0.6 is 0 Å². The number of nitrogens with zero attached hydrogens (tertiary/aromatic N) is 1. The molecule has 5 rings (SSSR count). The third-order valence-electron chi connectivity index (χ3n) is 5.65. The second kappa shape index (κ2) is 8.34. The SMILES string of the molecule is C1=C(c2ccccc2)N=C(c2ccccc2)CC1c1ccc(-c2ccccc2)cc1. The summed E-state index contributed by atoms with van der Waals surface area (Å²) in [4.78, 5) is 5.04. The van der Waals surface area contributed by atoms with E-state index in [1.54, 1.807) is 0 Å². The third-order valence-corrected chi connectivity index (χ3v) is 5.65. The molecule has 1 aliphatic heterocycles. The van der Waals surface area contributed by atoms with Crippen molar-refractivity contribution in [1.82, 2.24) is 0 Å². The second-order valence-electron chi connectivity index (χ2n) is 7.64. The molecule has 1 nitrogen and oxygen atoms in total. The van der Waals surface area contributed by atoms with E-state index >= 15 is 0 Å². The van der Waals surface area contributed by atoms with Crippen molar-refractivity contribution in [3.05, 3.63) is 138 Å². The molecule has 1 heterocycles. The zero-order valence-electron chi connectivity index (χ0n) is 16.8. The smallest absolute Gasteiger partial charge is 0.0671 e. The van der Waals surface area contributed by atoms with Gasteiger partial charge >= 0.3 is 0 Å². The van der Waals surface area contributed by atoms with Gasteiger partial charge in [-0.15, -0.1) is 0 Å². The van der Waals surface area contributed by atoms with E-state index in [-0.39, 0.29) is 0 Å². The van der Waals surface area contributed by atoms with Gasteiger partial charge in [-0.2, -0.15) is 0 Å². The van der Waals surface area contributed by atoms with Gasteiger partial charge in [0.25, 0.3) is 0 Å². The average molecular weight is 386 g/mol. The first-order valence-electron chi connectivity index (χ1n) is 10.4. The van der Waals surface area contributed by atoms with Gasteiger partial charge < -0.3 is 0 Å². The zero-order chi connectivity index (χ0) is 20.2. The molecule has 0 saturated carbocycles. The molecule has 0 spiro atoms. The van der Waals surface area contributed by atoms with Gasteiger partial charge in [0.1, 0.15) is 0 Å². The summed E-state index contributed by atoms with van der Waals surface area (Å²) in [7, 11) is 0. The first-order chi connectivity index (χ1) is 14.9. The number of hydrogen-bond acceptors (Lipinski definition) is 1. The number of aliphatic imine (C=N–C) groups is 1. The third kappa shape index (κ3) is 3.88. The first-order valence-corrected chi connectivity index (χ1v) is 10.4. The molecule has 0 saturated heterocycles. The van der Waals surface area contributed by atoms with Gasteiger partial charge in [0, 0.05) is 18.1 Å². The molecule has 0 aromatic heterocycles. The molecule has 0 fully saturated rings. The summed E-state index contributed by atoms with van der Waals surface area (Å²) in [6, 6.07) is 40.5. The normalized spacial score (nSPS) is 15.9. The lowest BCUT2D eigenvalue weighted by Crippen LogP contribution is -2.12. The van der Waals surface area contributed by atoms with Crippen LogP contribution in [0.2, 0.25) is 0 Å². The predicted octanol–water partition coefficient (Wildman–Crippen LogP) is 7.37. The molecule has 1 unspecified atom stereocenters. The van der Waals surface area contributed by atoms with Crippen LogP contribution in [-0.4, -0.2) is 5.71 Å². The minimum Gasteiger partial charge on any atom is -0.252 e. The topological polar surface area (TPSA) is 12.4 Å².